The highest BCUT2D eigenvalue weighted by Crippen LogP contribution is 2.34. The number of nitrogens with two attached hydrogens (primary N) is 3. The van der Waals surface area contributed by atoms with E-state index in [0.717, 1.165) is 16.7 Å². The molecule has 0 spiro atoms. The third kappa shape index (κ3) is 17.7. The number of rotatable bonds is 27. The van der Waals surface area contributed by atoms with Gasteiger partial charge >= 0.3 is 0 Å². The molecule has 0 aromatic heterocycles. The standard InChI is InChI=1S/C58H67N9O6/c59-49(22-10-13-37-62-53(68)43-16-4-1-5-17-43)56(71)65-46-31-25-40(26-32-46)52(41-27-33-47(34-28-41)66-57(72)50(60)23-11-14-38-63-54(69)44-18-6-2-7-19-44)42-29-35-48(36-30-42)67-58(73)51(61)24-12-15-39-64-55(70)45-20-8-3-9-21-45/h1-9,16-21,25-36,49-52H,10-15,22-24,37-39,59-61H2,(H,62,68)(H,63,69)(H,64,70)(H,65,71)(H,66,72)(H,67,73)/t49-,50-,51+/m0/s1. The Morgan fingerprint density at radius 3 is 0.822 bits per heavy atom. The molecule has 15 nitrogen and oxygen atoms in total. The third-order valence-electron chi connectivity index (χ3n) is 12.3. The van der Waals surface area contributed by atoms with Crippen LogP contribution in [0.25, 0.3) is 0 Å². The highest BCUT2D eigenvalue weighted by molar-refractivity contribution is 5.97. The summed E-state index contributed by atoms with van der Waals surface area (Å²) in [6.07, 6.45) is 5.35. The second-order valence-corrected chi connectivity index (χ2v) is 17.9. The zero-order valence-electron chi connectivity index (χ0n) is 41.1. The van der Waals surface area contributed by atoms with Gasteiger partial charge in [-0.15, -0.1) is 0 Å². The number of anilines is 3. The predicted molar refractivity (Wildman–Crippen MR) is 288 cm³/mol. The van der Waals surface area contributed by atoms with Crippen LogP contribution in [0.4, 0.5) is 17.1 Å². The van der Waals surface area contributed by atoms with Crippen LogP contribution >= 0.6 is 0 Å². The molecule has 0 heterocycles. The van der Waals surface area contributed by atoms with E-state index < -0.39 is 18.1 Å². The highest BCUT2D eigenvalue weighted by Gasteiger charge is 2.21. The van der Waals surface area contributed by atoms with Gasteiger partial charge in [-0.05, 0) is 147 Å². The van der Waals surface area contributed by atoms with Crippen molar-refractivity contribution in [3.63, 3.8) is 0 Å². The zero-order chi connectivity index (χ0) is 51.8. The van der Waals surface area contributed by atoms with Crippen molar-refractivity contribution < 1.29 is 28.8 Å². The maximum atomic E-state index is 13.1. The van der Waals surface area contributed by atoms with Crippen LogP contribution in [0.5, 0.6) is 0 Å². The summed E-state index contributed by atoms with van der Waals surface area (Å²) in [5, 5.41) is 17.5. The summed E-state index contributed by atoms with van der Waals surface area (Å²) in [7, 11) is 0. The van der Waals surface area contributed by atoms with Crippen LogP contribution in [0.1, 0.15) is 111 Å². The van der Waals surface area contributed by atoms with Crippen LogP contribution in [-0.2, 0) is 14.4 Å². The van der Waals surface area contributed by atoms with E-state index in [1.807, 2.05) is 127 Å². The summed E-state index contributed by atoms with van der Waals surface area (Å²) in [4.78, 5) is 76.3. The number of amides is 6. The average molecular weight is 986 g/mol. The second kappa shape index (κ2) is 28.8. The fraction of sp³-hybridized carbons (Fsp3) is 0.276. The minimum atomic E-state index is -0.738. The Bertz CT molecular complexity index is 2390. The fourth-order valence-electron chi connectivity index (χ4n) is 8.10. The van der Waals surface area contributed by atoms with E-state index in [2.05, 4.69) is 31.9 Å². The zero-order valence-corrected chi connectivity index (χ0v) is 41.1. The molecule has 6 amide bonds. The lowest BCUT2D eigenvalue weighted by atomic mass is 9.85. The quantitative estimate of drug-likeness (QED) is 0.0183. The molecule has 6 aromatic carbocycles. The lowest BCUT2D eigenvalue weighted by Crippen LogP contribution is -2.35. The first-order valence-corrected chi connectivity index (χ1v) is 24.9. The molecule has 0 fully saturated rings. The molecule has 15 heteroatoms. The summed E-state index contributed by atoms with van der Waals surface area (Å²) in [5.41, 5.74) is 25.1. The predicted octanol–water partition coefficient (Wildman–Crippen LogP) is 7.47. The van der Waals surface area contributed by atoms with Crippen molar-refractivity contribution in [1.29, 1.82) is 0 Å². The molecule has 0 radical (unpaired) electrons. The van der Waals surface area contributed by atoms with Gasteiger partial charge in [0.1, 0.15) is 0 Å². The van der Waals surface area contributed by atoms with Gasteiger partial charge in [-0.2, -0.15) is 0 Å². The maximum absolute atomic E-state index is 13.1. The average Bonchev–Trinajstić information content (AvgIpc) is 3.42. The molecule has 0 saturated heterocycles. The summed E-state index contributed by atoms with van der Waals surface area (Å²) < 4.78 is 0. The summed E-state index contributed by atoms with van der Waals surface area (Å²) >= 11 is 0. The van der Waals surface area contributed by atoms with E-state index >= 15 is 0 Å². The lowest BCUT2D eigenvalue weighted by molar-refractivity contribution is -0.118. The Morgan fingerprint density at radius 1 is 0.329 bits per heavy atom. The number of hydrogen-bond acceptors (Lipinski definition) is 9. The molecule has 12 N–H and O–H groups in total. The van der Waals surface area contributed by atoms with Crippen molar-refractivity contribution in [2.24, 2.45) is 17.2 Å². The number of unbranched alkanes of at least 4 members (excludes halogenated alkanes) is 3. The molecule has 0 bridgehead atoms. The highest BCUT2D eigenvalue weighted by atomic mass is 16.2. The van der Waals surface area contributed by atoms with Crippen LogP contribution < -0.4 is 49.1 Å². The van der Waals surface area contributed by atoms with E-state index in [9.17, 15) is 28.8 Å². The van der Waals surface area contributed by atoms with E-state index in [1.54, 1.807) is 36.4 Å². The molecular formula is C58H67N9O6. The Morgan fingerprint density at radius 2 is 0.575 bits per heavy atom. The van der Waals surface area contributed by atoms with E-state index in [4.69, 9.17) is 17.2 Å². The Kier molecular flexibility index (Phi) is 21.4. The van der Waals surface area contributed by atoms with E-state index in [-0.39, 0.29) is 41.4 Å². The van der Waals surface area contributed by atoms with Crippen LogP contribution in [0, 0.1) is 0 Å². The molecule has 0 aliphatic carbocycles. The molecule has 6 aromatic rings. The third-order valence-corrected chi connectivity index (χ3v) is 12.3. The van der Waals surface area contributed by atoms with Crippen molar-refractivity contribution >= 4 is 52.5 Å². The molecule has 6 rings (SSSR count). The van der Waals surface area contributed by atoms with Crippen molar-refractivity contribution in [3.05, 3.63) is 197 Å². The summed E-state index contributed by atoms with van der Waals surface area (Å²) in [6, 6.07) is 47.3. The molecule has 0 aliphatic heterocycles. The number of carbonyl (C=O) groups excluding carboxylic acids is 6. The second-order valence-electron chi connectivity index (χ2n) is 17.9. The van der Waals surface area contributed by atoms with E-state index in [0.29, 0.717) is 111 Å². The monoisotopic (exact) mass is 986 g/mol. The van der Waals surface area contributed by atoms with Gasteiger partial charge in [0.05, 0.1) is 18.1 Å². The fourth-order valence-corrected chi connectivity index (χ4v) is 8.10. The van der Waals surface area contributed by atoms with Crippen LogP contribution in [0.2, 0.25) is 0 Å². The molecule has 0 saturated carbocycles. The van der Waals surface area contributed by atoms with Gasteiger partial charge in [-0.3, -0.25) is 28.8 Å². The lowest BCUT2D eigenvalue weighted by Gasteiger charge is -2.21. The van der Waals surface area contributed by atoms with Gasteiger partial charge in [-0.25, -0.2) is 0 Å². The van der Waals surface area contributed by atoms with Gasteiger partial charge in [0, 0.05) is 59.3 Å². The van der Waals surface area contributed by atoms with Crippen molar-refractivity contribution in [1.82, 2.24) is 16.0 Å². The molecule has 73 heavy (non-hydrogen) atoms. The Balaban J connectivity index is 1.04. The van der Waals surface area contributed by atoms with Crippen molar-refractivity contribution in [2.75, 3.05) is 35.6 Å². The first kappa shape index (κ1) is 54.4. The van der Waals surface area contributed by atoms with Crippen molar-refractivity contribution in [2.45, 2.75) is 81.8 Å². The minimum absolute atomic E-state index is 0.142. The topological polar surface area (TPSA) is 253 Å². The largest absolute Gasteiger partial charge is 0.352 e. The first-order chi connectivity index (χ1) is 35.4. The Hall–Kier alpha value is -7.98. The summed E-state index contributed by atoms with van der Waals surface area (Å²) in [5.74, 6) is -1.66. The molecule has 3 atom stereocenters. The van der Waals surface area contributed by atoms with Crippen LogP contribution in [-0.4, -0.2) is 73.2 Å². The van der Waals surface area contributed by atoms with Crippen molar-refractivity contribution in [3.8, 4) is 0 Å². The summed E-state index contributed by atoms with van der Waals surface area (Å²) in [6.45, 7) is 1.42. The molecule has 0 aliphatic rings. The van der Waals surface area contributed by atoms with Gasteiger partial charge in [0.15, 0.2) is 0 Å². The maximum Gasteiger partial charge on any atom is 0.251 e. The van der Waals surface area contributed by atoms with Crippen LogP contribution in [0.3, 0.4) is 0 Å². The van der Waals surface area contributed by atoms with Gasteiger partial charge in [0.25, 0.3) is 17.7 Å². The molecule has 380 valence electrons. The molecular weight excluding hydrogens is 919 g/mol. The SMILES string of the molecule is N[C@H](CCCCNC(=O)c1ccccc1)C(=O)Nc1ccc(C(c2ccc(NC(=O)[C@@H](N)CCCCNC(=O)c3ccccc3)cc2)c2ccc(NC(=O)[C@@H](N)CCCCNC(=O)c3ccccc3)cc2)cc1. The van der Waals surface area contributed by atoms with E-state index in [1.165, 1.54) is 0 Å². The number of benzene rings is 6. The number of carbonyl (C=O) groups is 6. The smallest absolute Gasteiger partial charge is 0.251 e. The van der Waals surface area contributed by atoms with Gasteiger partial charge < -0.3 is 49.1 Å². The normalized spacial score (nSPS) is 12.2. The first-order valence-electron chi connectivity index (χ1n) is 24.9. The Labute approximate surface area is 427 Å². The van der Waals surface area contributed by atoms with Crippen LogP contribution in [0.15, 0.2) is 164 Å². The minimum Gasteiger partial charge on any atom is -0.352 e. The van der Waals surface area contributed by atoms with Gasteiger partial charge in [-0.1, -0.05) is 91.0 Å². The molecule has 0 unspecified atom stereocenters. The van der Waals surface area contributed by atoms with Gasteiger partial charge in [0.2, 0.25) is 17.7 Å². The number of nitrogens with one attached hydrogen (secondary N) is 6. The number of hydrogen-bond donors (Lipinski definition) is 9.